The van der Waals surface area contributed by atoms with Crippen LogP contribution in [0.2, 0.25) is 0 Å². The first-order chi connectivity index (χ1) is 18.9. The number of tetrazole rings is 1. The second kappa shape index (κ2) is 9.73. The van der Waals surface area contributed by atoms with Crippen molar-refractivity contribution in [1.82, 2.24) is 45.3 Å². The summed E-state index contributed by atoms with van der Waals surface area (Å²) in [5.74, 6) is 1.29. The number of carbonyl (C=O) groups is 1. The van der Waals surface area contributed by atoms with E-state index in [9.17, 15) is 4.79 Å². The van der Waals surface area contributed by atoms with E-state index in [1.807, 2.05) is 50.1 Å². The summed E-state index contributed by atoms with van der Waals surface area (Å²) < 4.78 is 1.65. The van der Waals surface area contributed by atoms with Crippen molar-refractivity contribution in [3.63, 3.8) is 0 Å². The Hall–Kier alpha value is -4.39. The van der Waals surface area contributed by atoms with E-state index in [2.05, 4.69) is 64.7 Å². The van der Waals surface area contributed by atoms with Gasteiger partial charge >= 0.3 is 0 Å². The molecule has 0 bridgehead atoms. The molecule has 0 aliphatic carbocycles. The lowest BCUT2D eigenvalue weighted by atomic mass is 10.0. The molecule has 13 nitrogen and oxygen atoms in total. The number of amides is 1. The molecule has 13 heteroatoms. The monoisotopic (exact) mass is 528 g/mol. The van der Waals surface area contributed by atoms with Gasteiger partial charge < -0.3 is 15.1 Å². The topological polar surface area (TPSA) is 137 Å². The molecule has 2 aliphatic rings. The third kappa shape index (κ3) is 4.28. The maximum absolute atomic E-state index is 13.5. The normalized spacial score (nSPS) is 20.0. The number of nitrogens with one attached hydrogen (secondary N) is 2. The molecule has 2 aliphatic heterocycles. The highest BCUT2D eigenvalue weighted by Crippen LogP contribution is 2.33. The Balaban J connectivity index is 1.27. The molecule has 202 valence electrons. The number of allylic oxidation sites excluding steroid dienone is 1. The number of hydrogen-bond acceptors (Lipinski definition) is 10. The summed E-state index contributed by atoms with van der Waals surface area (Å²) in [7, 11) is 1.85. The molecule has 1 aromatic carbocycles. The molecular weight excluding hydrogens is 496 g/mol. The summed E-state index contributed by atoms with van der Waals surface area (Å²) >= 11 is 0. The molecule has 4 aromatic rings. The van der Waals surface area contributed by atoms with Crippen molar-refractivity contribution in [2.45, 2.75) is 39.8 Å². The van der Waals surface area contributed by atoms with Crippen molar-refractivity contribution in [3.8, 4) is 11.4 Å². The number of nitrogens with zero attached hydrogens (tertiary/aromatic N) is 10. The molecule has 0 radical (unpaired) electrons. The van der Waals surface area contributed by atoms with E-state index in [1.54, 1.807) is 11.0 Å². The van der Waals surface area contributed by atoms with Crippen LogP contribution in [0.15, 0.2) is 41.9 Å². The van der Waals surface area contributed by atoms with E-state index in [0.29, 0.717) is 28.9 Å². The fourth-order valence-electron chi connectivity index (χ4n) is 5.58. The number of likely N-dealkylation sites (N-methyl/N-ethyl adjacent to an activating group) is 1. The number of aromatic amines is 1. The number of piperazine rings is 1. The van der Waals surface area contributed by atoms with Gasteiger partial charge in [-0.05, 0) is 55.9 Å². The minimum Gasteiger partial charge on any atom is -0.354 e. The Morgan fingerprint density at radius 1 is 1.18 bits per heavy atom. The third-order valence-electron chi connectivity index (χ3n) is 7.91. The molecule has 3 aromatic heterocycles. The quantitative estimate of drug-likeness (QED) is 0.397. The van der Waals surface area contributed by atoms with E-state index in [0.717, 1.165) is 54.3 Å². The first-order valence-corrected chi connectivity index (χ1v) is 13.2. The first kappa shape index (κ1) is 24.9. The van der Waals surface area contributed by atoms with Gasteiger partial charge in [0.15, 0.2) is 0 Å². The molecule has 5 heterocycles. The number of H-pyrrole nitrogens is 1. The molecule has 0 unspecified atom stereocenters. The molecule has 0 saturated carbocycles. The summed E-state index contributed by atoms with van der Waals surface area (Å²) in [5.41, 5.74) is 4.36. The van der Waals surface area contributed by atoms with Crippen LogP contribution in [0, 0.1) is 0 Å². The maximum atomic E-state index is 13.5. The molecule has 2 atom stereocenters. The molecule has 2 N–H and O–H groups in total. The number of aromatic nitrogens is 8. The smallest absolute Gasteiger partial charge is 0.255 e. The van der Waals surface area contributed by atoms with E-state index >= 15 is 0 Å². The van der Waals surface area contributed by atoms with Gasteiger partial charge in [-0.3, -0.25) is 14.8 Å². The maximum Gasteiger partial charge on any atom is 0.255 e. The average Bonchev–Trinajstić information content (AvgIpc) is 3.60. The van der Waals surface area contributed by atoms with Crippen LogP contribution in [0.3, 0.4) is 0 Å². The predicted octanol–water partition coefficient (Wildman–Crippen LogP) is 2.46. The van der Waals surface area contributed by atoms with Crippen LogP contribution in [0.4, 0.5) is 17.5 Å². The van der Waals surface area contributed by atoms with Crippen molar-refractivity contribution in [3.05, 3.63) is 41.9 Å². The van der Waals surface area contributed by atoms with Crippen molar-refractivity contribution in [1.29, 1.82) is 0 Å². The van der Waals surface area contributed by atoms with E-state index < -0.39 is 0 Å². The van der Waals surface area contributed by atoms with Crippen molar-refractivity contribution in [2.75, 3.05) is 48.3 Å². The summed E-state index contributed by atoms with van der Waals surface area (Å²) in [5, 5.41) is 23.5. The Labute approximate surface area is 225 Å². The minimum atomic E-state index is -0.305. The summed E-state index contributed by atoms with van der Waals surface area (Å²) in [4.78, 5) is 29.1. The van der Waals surface area contributed by atoms with Crippen LogP contribution in [-0.4, -0.2) is 90.4 Å². The zero-order valence-corrected chi connectivity index (χ0v) is 22.8. The van der Waals surface area contributed by atoms with E-state index in [4.69, 9.17) is 0 Å². The Kier molecular flexibility index (Phi) is 6.22. The van der Waals surface area contributed by atoms with Gasteiger partial charge in [0.1, 0.15) is 17.8 Å². The molecule has 6 rings (SSSR count). The molecule has 39 heavy (non-hydrogen) atoms. The number of carbonyl (C=O) groups excluding carboxylic acids is 1. The fourth-order valence-corrected chi connectivity index (χ4v) is 5.58. The van der Waals surface area contributed by atoms with Crippen molar-refractivity contribution < 1.29 is 4.79 Å². The van der Waals surface area contributed by atoms with Crippen molar-refractivity contribution in [2.24, 2.45) is 0 Å². The second-order valence-electron chi connectivity index (χ2n) is 10.1. The zero-order valence-electron chi connectivity index (χ0n) is 22.8. The predicted molar refractivity (Wildman–Crippen MR) is 148 cm³/mol. The Morgan fingerprint density at radius 3 is 2.82 bits per heavy atom. The largest absolute Gasteiger partial charge is 0.354 e. The van der Waals surface area contributed by atoms with Crippen LogP contribution in [-0.2, 0) is 4.79 Å². The van der Waals surface area contributed by atoms with Crippen LogP contribution in [0.5, 0.6) is 0 Å². The van der Waals surface area contributed by atoms with Gasteiger partial charge in [0.25, 0.3) is 5.91 Å². The average molecular weight is 529 g/mol. The summed E-state index contributed by atoms with van der Waals surface area (Å²) in [6.45, 7) is 12.1. The molecular formula is C26H32N12O. The summed E-state index contributed by atoms with van der Waals surface area (Å²) in [6.07, 6.45) is 1.59. The van der Waals surface area contributed by atoms with Gasteiger partial charge in [-0.25, -0.2) is 14.6 Å². The lowest BCUT2D eigenvalue weighted by Gasteiger charge is -2.39. The van der Waals surface area contributed by atoms with Crippen LogP contribution in [0.25, 0.3) is 22.3 Å². The van der Waals surface area contributed by atoms with E-state index in [-0.39, 0.29) is 11.9 Å². The standard InChI is InChI=1S/C26H32N12O/c1-6-36-9-10-37(13-15(36)2)22-12-21(27-14-28-22)24-19-11-18(7-8-20(19)30-31-24)29-25(39)23-16(3)35(5)26-32-33-34-38(26)17(23)4/h7-8,11-12,14-15,17H,6,9-10,13H2,1-5H3,(H,29,39)(H,30,31)/t15-,17+/m0/s1. The molecule has 1 amide bonds. The van der Waals surface area contributed by atoms with Gasteiger partial charge in [0, 0.05) is 55.6 Å². The highest BCUT2D eigenvalue weighted by atomic mass is 16.1. The number of anilines is 3. The summed E-state index contributed by atoms with van der Waals surface area (Å²) in [6, 6.07) is 7.83. The number of rotatable bonds is 5. The van der Waals surface area contributed by atoms with Gasteiger partial charge in [0.2, 0.25) is 5.95 Å². The highest BCUT2D eigenvalue weighted by Gasteiger charge is 2.32. The highest BCUT2D eigenvalue weighted by molar-refractivity contribution is 6.07. The first-order valence-electron chi connectivity index (χ1n) is 13.2. The lowest BCUT2D eigenvalue weighted by Crippen LogP contribution is -2.52. The molecule has 1 saturated heterocycles. The van der Waals surface area contributed by atoms with Gasteiger partial charge in [-0.2, -0.15) is 5.10 Å². The minimum absolute atomic E-state index is 0.206. The lowest BCUT2D eigenvalue weighted by molar-refractivity contribution is -0.113. The van der Waals surface area contributed by atoms with E-state index in [1.165, 1.54) is 0 Å². The van der Waals surface area contributed by atoms with Gasteiger partial charge in [0.05, 0.1) is 22.8 Å². The van der Waals surface area contributed by atoms with Gasteiger partial charge in [-0.15, -0.1) is 0 Å². The van der Waals surface area contributed by atoms with Crippen LogP contribution < -0.4 is 15.1 Å². The fraction of sp³-hybridized carbons (Fsp3) is 0.423. The second-order valence-corrected chi connectivity index (χ2v) is 10.1. The van der Waals surface area contributed by atoms with Crippen LogP contribution >= 0.6 is 0 Å². The van der Waals surface area contributed by atoms with Gasteiger partial charge in [-0.1, -0.05) is 12.0 Å². The van der Waals surface area contributed by atoms with Crippen LogP contribution in [0.1, 0.15) is 33.7 Å². The Bertz CT molecular complexity index is 1570. The molecule has 0 spiro atoms. The third-order valence-corrected chi connectivity index (χ3v) is 7.91. The molecule has 1 fully saturated rings. The zero-order chi connectivity index (χ0) is 27.3. The number of hydrogen-bond donors (Lipinski definition) is 2. The SMILES string of the molecule is CCN1CCN(c2cc(-c3n[nH]c4ccc(NC(=O)C5=C(C)N(C)c6nnnn6[C@@H]5C)cc34)ncn2)C[C@@H]1C. The number of benzene rings is 1. The van der Waals surface area contributed by atoms with Crippen molar-refractivity contribution >= 4 is 34.3 Å². The number of fused-ring (bicyclic) bond motifs is 2. The Morgan fingerprint density at radius 2 is 2.03 bits per heavy atom.